The third-order valence-corrected chi connectivity index (χ3v) is 4.96. The van der Waals surface area contributed by atoms with E-state index in [0.717, 1.165) is 13.0 Å². The lowest BCUT2D eigenvalue weighted by molar-refractivity contribution is -0.166. The van der Waals surface area contributed by atoms with Crippen molar-refractivity contribution in [1.82, 2.24) is 24.6 Å². The topological polar surface area (TPSA) is 103 Å². The summed E-state index contributed by atoms with van der Waals surface area (Å²) >= 11 is 0. The number of halogens is 5. The van der Waals surface area contributed by atoms with Crippen LogP contribution in [0.2, 0.25) is 0 Å². The van der Waals surface area contributed by atoms with Gasteiger partial charge in [-0.15, -0.1) is 0 Å². The largest absolute Gasteiger partial charge is 0.482 e. The van der Waals surface area contributed by atoms with Gasteiger partial charge in [0, 0.05) is 36.8 Å². The fraction of sp³-hybridized carbons (Fsp3) is 0.400. The standard InChI is InChI=1S/C20H21F5N6O3/c1-4-30-8-12(11-5-17(27-7-14(11)30)28-19(33)26-3)13-6-15(34-9-16(21)22)18(32)31(29-13)10(2)20(23,24)25/h5-8,10,16H,4,9H2,1-3H3,(H2,26,27,28,33)/t10-/m0/s1. The molecule has 0 aliphatic heterocycles. The van der Waals surface area contributed by atoms with E-state index >= 15 is 0 Å². The molecule has 0 aliphatic rings. The van der Waals surface area contributed by atoms with Gasteiger partial charge in [0.15, 0.2) is 5.75 Å². The van der Waals surface area contributed by atoms with Crippen LogP contribution in [0.15, 0.2) is 29.3 Å². The number of nitrogens with one attached hydrogen (secondary N) is 2. The quantitative estimate of drug-likeness (QED) is 0.493. The third kappa shape index (κ3) is 5.10. The van der Waals surface area contributed by atoms with Crippen LogP contribution < -0.4 is 20.9 Å². The molecule has 0 spiro atoms. The predicted octanol–water partition coefficient (Wildman–Crippen LogP) is 3.80. The average molecular weight is 488 g/mol. The van der Waals surface area contributed by atoms with Gasteiger partial charge in [-0.05, 0) is 19.9 Å². The SMILES string of the molecule is CCn1cc(-c2cc(OCC(F)F)c(=O)n([C@@H](C)C(F)(F)F)n2)c2cc(NC(=O)NC)ncc21. The smallest absolute Gasteiger partial charge is 0.410 e. The van der Waals surface area contributed by atoms with Crippen LogP contribution in [0.3, 0.4) is 0 Å². The Balaban J connectivity index is 2.25. The second-order valence-corrected chi connectivity index (χ2v) is 7.18. The lowest BCUT2D eigenvalue weighted by Gasteiger charge is -2.19. The number of urea groups is 1. The van der Waals surface area contributed by atoms with Gasteiger partial charge in [-0.1, -0.05) is 0 Å². The summed E-state index contributed by atoms with van der Waals surface area (Å²) in [6.07, 6.45) is -4.75. The molecule has 3 aromatic heterocycles. The number of ether oxygens (including phenoxy) is 1. The lowest BCUT2D eigenvalue weighted by Crippen LogP contribution is -2.35. The highest BCUT2D eigenvalue weighted by atomic mass is 19.4. The van der Waals surface area contributed by atoms with Crippen molar-refractivity contribution < 1.29 is 31.5 Å². The summed E-state index contributed by atoms with van der Waals surface area (Å²) in [5.74, 6) is -0.551. The first-order chi connectivity index (χ1) is 16.0. The Labute approximate surface area is 189 Å². The number of rotatable bonds is 7. The molecule has 1 atom stereocenters. The normalized spacial score (nSPS) is 12.7. The van der Waals surface area contributed by atoms with Crippen LogP contribution in [0.1, 0.15) is 19.9 Å². The first kappa shape index (κ1) is 24.9. The molecule has 0 unspecified atom stereocenters. The minimum atomic E-state index is -4.83. The number of alkyl halides is 5. The molecule has 0 aromatic carbocycles. The van der Waals surface area contributed by atoms with Crippen molar-refractivity contribution in [3.8, 4) is 17.0 Å². The number of hydrogen-bond donors (Lipinski definition) is 2. The molecule has 0 saturated heterocycles. The highest BCUT2D eigenvalue weighted by Crippen LogP contribution is 2.33. The maximum atomic E-state index is 13.4. The summed E-state index contributed by atoms with van der Waals surface area (Å²) in [7, 11) is 1.41. The van der Waals surface area contributed by atoms with Crippen LogP contribution in [0, 0.1) is 0 Å². The van der Waals surface area contributed by atoms with Crippen molar-refractivity contribution in [2.45, 2.75) is 39.0 Å². The zero-order chi connectivity index (χ0) is 25.2. The van der Waals surface area contributed by atoms with Crippen molar-refractivity contribution >= 4 is 22.8 Å². The maximum Gasteiger partial charge on any atom is 0.410 e. The molecule has 0 radical (unpaired) electrons. The van der Waals surface area contributed by atoms with E-state index in [1.165, 1.54) is 19.3 Å². The summed E-state index contributed by atoms with van der Waals surface area (Å²) in [5, 5.41) is 9.18. The molecule has 3 heterocycles. The number of hydrogen-bond acceptors (Lipinski definition) is 5. The highest BCUT2D eigenvalue weighted by molar-refractivity contribution is 5.98. The minimum Gasteiger partial charge on any atom is -0.482 e. The van der Waals surface area contributed by atoms with E-state index < -0.39 is 42.6 Å². The lowest BCUT2D eigenvalue weighted by atomic mass is 10.1. The van der Waals surface area contributed by atoms with Gasteiger partial charge in [0.05, 0.1) is 17.4 Å². The minimum absolute atomic E-state index is 0.116. The van der Waals surface area contributed by atoms with Crippen molar-refractivity contribution in [3.05, 3.63) is 34.9 Å². The maximum absolute atomic E-state index is 13.4. The van der Waals surface area contributed by atoms with E-state index in [-0.39, 0.29) is 21.8 Å². The van der Waals surface area contributed by atoms with Crippen LogP contribution in [0.25, 0.3) is 22.2 Å². The molecule has 2 amide bonds. The van der Waals surface area contributed by atoms with Crippen molar-refractivity contribution in [3.63, 3.8) is 0 Å². The molecule has 0 fully saturated rings. The molecular weight excluding hydrogens is 467 g/mol. The number of aryl methyl sites for hydroxylation is 1. The second-order valence-electron chi connectivity index (χ2n) is 7.18. The Morgan fingerprint density at radius 2 is 1.97 bits per heavy atom. The zero-order valence-electron chi connectivity index (χ0n) is 18.3. The summed E-state index contributed by atoms with van der Waals surface area (Å²) in [5.41, 5.74) is -0.561. The van der Waals surface area contributed by atoms with Gasteiger partial charge in [0.2, 0.25) is 0 Å². The van der Waals surface area contributed by atoms with E-state index in [0.29, 0.717) is 17.4 Å². The van der Waals surface area contributed by atoms with Gasteiger partial charge in [-0.2, -0.15) is 18.3 Å². The number of pyridine rings is 1. The first-order valence-corrected chi connectivity index (χ1v) is 10.1. The Kier molecular flexibility index (Phi) is 7.07. The van der Waals surface area contributed by atoms with Crippen LogP contribution >= 0.6 is 0 Å². The summed E-state index contributed by atoms with van der Waals surface area (Å²) in [6.45, 7) is 1.81. The number of aromatic nitrogens is 4. The fourth-order valence-electron chi connectivity index (χ4n) is 3.18. The average Bonchev–Trinajstić information content (AvgIpc) is 3.15. The van der Waals surface area contributed by atoms with Crippen molar-refractivity contribution in [1.29, 1.82) is 0 Å². The molecule has 14 heteroatoms. The molecular formula is C20H21F5N6O3. The van der Waals surface area contributed by atoms with Gasteiger partial charge >= 0.3 is 17.8 Å². The molecule has 2 N–H and O–H groups in total. The summed E-state index contributed by atoms with van der Waals surface area (Å²) in [6, 6.07) is -0.390. The number of amides is 2. The van der Waals surface area contributed by atoms with E-state index in [4.69, 9.17) is 4.74 Å². The van der Waals surface area contributed by atoms with Gasteiger partial charge in [0.1, 0.15) is 18.5 Å². The molecule has 34 heavy (non-hydrogen) atoms. The van der Waals surface area contributed by atoms with E-state index in [9.17, 15) is 31.5 Å². The van der Waals surface area contributed by atoms with Gasteiger partial charge in [0.25, 0.3) is 6.43 Å². The molecule has 9 nitrogen and oxygen atoms in total. The number of anilines is 1. The van der Waals surface area contributed by atoms with Gasteiger partial charge in [-0.25, -0.2) is 23.2 Å². The van der Waals surface area contributed by atoms with Crippen LogP contribution in [-0.2, 0) is 6.54 Å². The Bertz CT molecular complexity index is 1250. The molecule has 184 valence electrons. The van der Waals surface area contributed by atoms with Gasteiger partial charge in [-0.3, -0.25) is 10.1 Å². The molecule has 0 saturated carbocycles. The summed E-state index contributed by atoms with van der Waals surface area (Å²) in [4.78, 5) is 28.3. The highest BCUT2D eigenvalue weighted by Gasteiger charge is 2.39. The van der Waals surface area contributed by atoms with E-state index in [1.54, 1.807) is 10.8 Å². The first-order valence-electron chi connectivity index (χ1n) is 10.1. The Morgan fingerprint density at radius 3 is 2.56 bits per heavy atom. The van der Waals surface area contributed by atoms with Crippen LogP contribution in [0.5, 0.6) is 5.75 Å². The number of nitrogens with zero attached hydrogens (tertiary/aromatic N) is 4. The van der Waals surface area contributed by atoms with Gasteiger partial charge < -0.3 is 14.6 Å². The van der Waals surface area contributed by atoms with Crippen LogP contribution in [-0.4, -0.2) is 51.6 Å². The zero-order valence-corrected chi connectivity index (χ0v) is 18.3. The monoisotopic (exact) mass is 488 g/mol. The Morgan fingerprint density at radius 1 is 1.26 bits per heavy atom. The van der Waals surface area contributed by atoms with E-state index in [1.807, 2.05) is 6.92 Å². The molecule has 3 aromatic rings. The number of carbonyl (C=O) groups is 1. The number of carbonyl (C=O) groups excluding carboxylic acids is 1. The molecule has 0 aliphatic carbocycles. The van der Waals surface area contributed by atoms with Crippen LogP contribution in [0.4, 0.5) is 32.6 Å². The third-order valence-electron chi connectivity index (χ3n) is 4.96. The predicted molar refractivity (Wildman–Crippen MR) is 113 cm³/mol. The van der Waals surface area contributed by atoms with E-state index in [2.05, 4.69) is 20.7 Å². The molecule has 0 bridgehead atoms. The fourth-order valence-corrected chi connectivity index (χ4v) is 3.18. The van der Waals surface area contributed by atoms with Crippen molar-refractivity contribution in [2.75, 3.05) is 19.0 Å². The number of fused-ring (bicyclic) bond motifs is 1. The second kappa shape index (κ2) is 9.65. The van der Waals surface area contributed by atoms with Crippen molar-refractivity contribution in [2.24, 2.45) is 0 Å². The molecule has 3 rings (SSSR count). The summed E-state index contributed by atoms with van der Waals surface area (Å²) < 4.78 is 72.3. The Hall–Kier alpha value is -3.71.